The number of nitrogens with zero attached hydrogens (tertiary/aromatic N) is 1. The number of hydrogen-bond acceptors (Lipinski definition) is 2. The third-order valence-electron chi connectivity index (χ3n) is 4.62. The van der Waals surface area contributed by atoms with E-state index in [0.29, 0.717) is 6.04 Å². The fourth-order valence-electron chi connectivity index (χ4n) is 3.01. The topological polar surface area (TPSA) is 15.3 Å². The molecule has 2 heteroatoms. The fraction of sp³-hybridized carbons (Fsp3) is 1.00. The lowest BCUT2D eigenvalue weighted by Gasteiger charge is -2.22. The lowest BCUT2D eigenvalue weighted by molar-refractivity contribution is 0.273. The first kappa shape index (κ1) is 17.0. The summed E-state index contributed by atoms with van der Waals surface area (Å²) in [7, 11) is 0. The summed E-state index contributed by atoms with van der Waals surface area (Å²) in [6.45, 7) is 14.3. The van der Waals surface area contributed by atoms with Gasteiger partial charge in [0.2, 0.25) is 0 Å². The van der Waals surface area contributed by atoms with E-state index in [2.05, 4.69) is 37.9 Å². The molecule has 0 aromatic carbocycles. The minimum absolute atomic E-state index is 0.678. The summed E-state index contributed by atoms with van der Waals surface area (Å²) in [6.07, 6.45) is 8.30. The Kier molecular flexibility index (Phi) is 8.72. The average molecular weight is 268 g/mol. The van der Waals surface area contributed by atoms with Crippen LogP contribution in [0.3, 0.4) is 0 Å². The molecule has 2 nitrogen and oxygen atoms in total. The van der Waals surface area contributed by atoms with Crippen LogP contribution in [0.4, 0.5) is 0 Å². The van der Waals surface area contributed by atoms with Gasteiger partial charge in [0.05, 0.1) is 0 Å². The van der Waals surface area contributed by atoms with Crippen molar-refractivity contribution in [1.29, 1.82) is 0 Å². The van der Waals surface area contributed by atoms with Gasteiger partial charge in [-0.2, -0.15) is 0 Å². The number of nitrogens with one attached hydrogen (secondary N) is 1. The van der Waals surface area contributed by atoms with Crippen LogP contribution in [0.5, 0.6) is 0 Å². The predicted molar refractivity (Wildman–Crippen MR) is 85.6 cm³/mol. The summed E-state index contributed by atoms with van der Waals surface area (Å²) < 4.78 is 0. The van der Waals surface area contributed by atoms with E-state index >= 15 is 0 Å². The molecule has 0 aromatic rings. The van der Waals surface area contributed by atoms with Gasteiger partial charge >= 0.3 is 0 Å². The molecule has 0 radical (unpaired) electrons. The maximum Gasteiger partial charge on any atom is 0.0107 e. The molecule has 1 aliphatic rings. The van der Waals surface area contributed by atoms with E-state index in [1.165, 1.54) is 58.2 Å². The normalized spacial score (nSPS) is 23.5. The molecule has 1 fully saturated rings. The van der Waals surface area contributed by atoms with Crippen LogP contribution in [0.15, 0.2) is 0 Å². The number of hydrogen-bond donors (Lipinski definition) is 1. The van der Waals surface area contributed by atoms with Crippen molar-refractivity contribution in [2.24, 2.45) is 11.8 Å². The van der Waals surface area contributed by atoms with Gasteiger partial charge in [-0.3, -0.25) is 0 Å². The molecule has 2 atom stereocenters. The molecule has 1 saturated heterocycles. The monoisotopic (exact) mass is 268 g/mol. The van der Waals surface area contributed by atoms with Crippen LogP contribution in [0.2, 0.25) is 0 Å². The highest BCUT2D eigenvalue weighted by Gasteiger charge is 2.15. The van der Waals surface area contributed by atoms with Gasteiger partial charge in [0.1, 0.15) is 0 Å². The summed E-state index contributed by atoms with van der Waals surface area (Å²) >= 11 is 0. The standard InChI is InChI=1S/C17H36N2/c1-5-17-7-6-12-19(13-10-17)14-11-18-16(4)9-8-15(2)3/h15-18H,5-14H2,1-4H3. The zero-order chi connectivity index (χ0) is 14.1. The largest absolute Gasteiger partial charge is 0.313 e. The molecule has 0 saturated carbocycles. The molecule has 1 heterocycles. The maximum atomic E-state index is 3.69. The molecular formula is C17H36N2. The fourth-order valence-corrected chi connectivity index (χ4v) is 3.01. The Morgan fingerprint density at radius 2 is 1.89 bits per heavy atom. The molecule has 1 N–H and O–H groups in total. The van der Waals surface area contributed by atoms with E-state index in [1.54, 1.807) is 0 Å². The van der Waals surface area contributed by atoms with E-state index in [0.717, 1.165) is 18.4 Å². The van der Waals surface area contributed by atoms with Gasteiger partial charge in [0.15, 0.2) is 0 Å². The highest BCUT2D eigenvalue weighted by molar-refractivity contribution is 4.71. The van der Waals surface area contributed by atoms with Crippen LogP contribution in [0.1, 0.15) is 66.2 Å². The second kappa shape index (κ2) is 9.77. The second-order valence-corrected chi connectivity index (χ2v) is 6.87. The van der Waals surface area contributed by atoms with Crippen LogP contribution < -0.4 is 5.32 Å². The Balaban J connectivity index is 2.08. The molecule has 0 amide bonds. The van der Waals surface area contributed by atoms with E-state index in [1.807, 2.05) is 0 Å². The molecule has 2 unspecified atom stereocenters. The first-order chi connectivity index (χ1) is 9.11. The third-order valence-corrected chi connectivity index (χ3v) is 4.62. The molecule has 114 valence electrons. The molecule has 0 aromatic heterocycles. The van der Waals surface area contributed by atoms with Crippen molar-refractivity contribution in [2.75, 3.05) is 26.2 Å². The third kappa shape index (κ3) is 7.94. The van der Waals surface area contributed by atoms with Gasteiger partial charge in [0.25, 0.3) is 0 Å². The molecule has 0 bridgehead atoms. The molecule has 0 spiro atoms. The van der Waals surface area contributed by atoms with Crippen molar-refractivity contribution in [2.45, 2.75) is 72.3 Å². The zero-order valence-corrected chi connectivity index (χ0v) is 13.8. The zero-order valence-electron chi connectivity index (χ0n) is 13.8. The van der Waals surface area contributed by atoms with Gasteiger partial charge in [-0.1, -0.05) is 27.2 Å². The SMILES string of the molecule is CCC1CCCN(CCNC(C)CCC(C)C)CC1. The second-order valence-electron chi connectivity index (χ2n) is 6.87. The van der Waals surface area contributed by atoms with Gasteiger partial charge in [-0.15, -0.1) is 0 Å². The van der Waals surface area contributed by atoms with Crippen LogP contribution in [0, 0.1) is 11.8 Å². The van der Waals surface area contributed by atoms with Crippen LogP contribution in [-0.4, -0.2) is 37.1 Å². The number of rotatable bonds is 8. The van der Waals surface area contributed by atoms with Crippen molar-refractivity contribution >= 4 is 0 Å². The Morgan fingerprint density at radius 3 is 2.58 bits per heavy atom. The smallest absolute Gasteiger partial charge is 0.0107 e. The minimum Gasteiger partial charge on any atom is -0.313 e. The van der Waals surface area contributed by atoms with Crippen molar-refractivity contribution in [1.82, 2.24) is 10.2 Å². The first-order valence-corrected chi connectivity index (χ1v) is 8.57. The molecular weight excluding hydrogens is 232 g/mol. The predicted octanol–water partition coefficient (Wildman–Crippen LogP) is 3.91. The Labute approximate surface area is 121 Å². The Hall–Kier alpha value is -0.0800. The van der Waals surface area contributed by atoms with Gasteiger partial charge in [-0.25, -0.2) is 0 Å². The molecule has 0 aliphatic carbocycles. The van der Waals surface area contributed by atoms with Gasteiger partial charge in [-0.05, 0) is 64.0 Å². The maximum absolute atomic E-state index is 3.69. The highest BCUT2D eigenvalue weighted by atomic mass is 15.1. The first-order valence-electron chi connectivity index (χ1n) is 8.57. The van der Waals surface area contributed by atoms with Crippen LogP contribution >= 0.6 is 0 Å². The highest BCUT2D eigenvalue weighted by Crippen LogP contribution is 2.19. The van der Waals surface area contributed by atoms with Crippen molar-refractivity contribution < 1.29 is 0 Å². The van der Waals surface area contributed by atoms with Gasteiger partial charge < -0.3 is 10.2 Å². The summed E-state index contributed by atoms with van der Waals surface area (Å²) in [4.78, 5) is 2.66. The lowest BCUT2D eigenvalue weighted by atomic mass is 9.98. The molecule has 1 aliphatic heterocycles. The lowest BCUT2D eigenvalue weighted by Crippen LogP contribution is -2.36. The van der Waals surface area contributed by atoms with E-state index in [-0.39, 0.29) is 0 Å². The molecule has 19 heavy (non-hydrogen) atoms. The van der Waals surface area contributed by atoms with Crippen LogP contribution in [0.25, 0.3) is 0 Å². The molecule has 1 rings (SSSR count). The Morgan fingerprint density at radius 1 is 1.11 bits per heavy atom. The van der Waals surface area contributed by atoms with Crippen molar-refractivity contribution in [3.05, 3.63) is 0 Å². The minimum atomic E-state index is 0.678. The summed E-state index contributed by atoms with van der Waals surface area (Å²) in [6, 6.07) is 0.678. The number of likely N-dealkylation sites (tertiary alicyclic amines) is 1. The van der Waals surface area contributed by atoms with Gasteiger partial charge in [0, 0.05) is 19.1 Å². The Bertz CT molecular complexity index is 215. The van der Waals surface area contributed by atoms with Crippen molar-refractivity contribution in [3.63, 3.8) is 0 Å². The summed E-state index contributed by atoms with van der Waals surface area (Å²) in [5, 5.41) is 3.69. The van der Waals surface area contributed by atoms with E-state index in [9.17, 15) is 0 Å². The van der Waals surface area contributed by atoms with E-state index in [4.69, 9.17) is 0 Å². The summed E-state index contributed by atoms with van der Waals surface area (Å²) in [5.74, 6) is 1.82. The quantitative estimate of drug-likeness (QED) is 0.718. The van der Waals surface area contributed by atoms with Crippen molar-refractivity contribution in [3.8, 4) is 0 Å². The average Bonchev–Trinajstić information content (AvgIpc) is 2.61. The van der Waals surface area contributed by atoms with Crippen LogP contribution in [-0.2, 0) is 0 Å². The summed E-state index contributed by atoms with van der Waals surface area (Å²) in [5.41, 5.74) is 0. The van der Waals surface area contributed by atoms with E-state index < -0.39 is 0 Å².